The van der Waals surface area contributed by atoms with Crippen LogP contribution in [-0.4, -0.2) is 44.1 Å². The molecule has 0 aromatic heterocycles. The van der Waals surface area contributed by atoms with Gasteiger partial charge in [-0.2, -0.15) is 0 Å². The molecule has 7 heteroatoms. The Bertz CT molecular complexity index is 637. The maximum absolute atomic E-state index is 12.1. The van der Waals surface area contributed by atoms with E-state index < -0.39 is 24.0 Å². The lowest BCUT2D eigenvalue weighted by Crippen LogP contribution is -2.48. The minimum absolute atomic E-state index is 0.101. The number of hydrogen-bond acceptors (Lipinski definition) is 5. The van der Waals surface area contributed by atoms with Gasteiger partial charge in [0.1, 0.15) is 0 Å². The standard InChI is InChI=1S/C19H27N3O4/c1-13(17(23)21-19(25)20-15-7-5-4-6-8-15)26-18(24)14-9-11-16(12-10-14)22(2)3/h9-13,15H,4-8H2,1-3H3,(H2,20,21,23,25)/t13-/m0/s1. The number of carbonyl (C=O) groups is 3. The Morgan fingerprint density at radius 1 is 1.08 bits per heavy atom. The summed E-state index contributed by atoms with van der Waals surface area (Å²) in [6.45, 7) is 1.44. The number of benzene rings is 1. The number of carbonyl (C=O) groups excluding carboxylic acids is 3. The zero-order valence-corrected chi connectivity index (χ0v) is 15.6. The van der Waals surface area contributed by atoms with Crippen LogP contribution in [0, 0.1) is 0 Å². The van der Waals surface area contributed by atoms with Crippen LogP contribution in [-0.2, 0) is 9.53 Å². The van der Waals surface area contributed by atoms with Crippen LogP contribution in [0.15, 0.2) is 24.3 Å². The van der Waals surface area contributed by atoms with E-state index >= 15 is 0 Å². The summed E-state index contributed by atoms with van der Waals surface area (Å²) in [4.78, 5) is 38.0. The first-order chi connectivity index (χ1) is 12.4. The van der Waals surface area contributed by atoms with Gasteiger partial charge in [-0.25, -0.2) is 9.59 Å². The molecule has 3 amide bonds. The molecule has 1 aromatic rings. The maximum Gasteiger partial charge on any atom is 0.338 e. The maximum atomic E-state index is 12.1. The first-order valence-electron chi connectivity index (χ1n) is 8.96. The number of ether oxygens (including phenoxy) is 1. The Balaban J connectivity index is 1.81. The largest absolute Gasteiger partial charge is 0.449 e. The van der Waals surface area contributed by atoms with Crippen LogP contribution in [0.25, 0.3) is 0 Å². The van der Waals surface area contributed by atoms with Crippen LogP contribution in [0.4, 0.5) is 10.5 Å². The van der Waals surface area contributed by atoms with E-state index in [0.29, 0.717) is 5.56 Å². The molecule has 0 unspecified atom stereocenters. The van der Waals surface area contributed by atoms with Crippen molar-refractivity contribution in [1.82, 2.24) is 10.6 Å². The summed E-state index contributed by atoms with van der Waals surface area (Å²) in [6, 6.07) is 6.42. The first kappa shape index (κ1) is 19.8. The number of anilines is 1. The third-order valence-corrected chi connectivity index (χ3v) is 4.45. The molecule has 0 saturated heterocycles. The van der Waals surface area contributed by atoms with E-state index in [-0.39, 0.29) is 6.04 Å². The minimum atomic E-state index is -1.06. The van der Waals surface area contributed by atoms with Gasteiger partial charge in [0.15, 0.2) is 6.10 Å². The van der Waals surface area contributed by atoms with Gasteiger partial charge in [0.2, 0.25) is 0 Å². The average molecular weight is 361 g/mol. The monoisotopic (exact) mass is 361 g/mol. The second kappa shape index (κ2) is 9.22. The zero-order valence-electron chi connectivity index (χ0n) is 15.6. The molecule has 7 nitrogen and oxygen atoms in total. The Morgan fingerprint density at radius 2 is 1.69 bits per heavy atom. The fourth-order valence-electron chi connectivity index (χ4n) is 2.86. The van der Waals surface area contributed by atoms with Crippen molar-refractivity contribution in [2.45, 2.75) is 51.2 Å². The molecule has 0 spiro atoms. The molecule has 0 radical (unpaired) electrons. The van der Waals surface area contributed by atoms with Crippen LogP contribution < -0.4 is 15.5 Å². The van der Waals surface area contributed by atoms with Gasteiger partial charge in [-0.3, -0.25) is 10.1 Å². The molecule has 142 valence electrons. The molecule has 26 heavy (non-hydrogen) atoms. The van der Waals surface area contributed by atoms with Gasteiger partial charge in [0.25, 0.3) is 5.91 Å². The van der Waals surface area contributed by atoms with Gasteiger partial charge in [-0.05, 0) is 44.0 Å². The molecular formula is C19H27N3O4. The number of imide groups is 1. The fourth-order valence-corrected chi connectivity index (χ4v) is 2.86. The summed E-state index contributed by atoms with van der Waals surface area (Å²) >= 11 is 0. The number of esters is 1. The molecular weight excluding hydrogens is 334 g/mol. The summed E-state index contributed by atoms with van der Waals surface area (Å²) in [6.07, 6.45) is 4.14. The van der Waals surface area contributed by atoms with Gasteiger partial charge in [0, 0.05) is 25.8 Å². The van der Waals surface area contributed by atoms with E-state index in [1.165, 1.54) is 13.3 Å². The molecule has 1 fully saturated rings. The third-order valence-electron chi connectivity index (χ3n) is 4.45. The van der Waals surface area contributed by atoms with Crippen molar-refractivity contribution in [3.63, 3.8) is 0 Å². The van der Waals surface area contributed by atoms with Crippen LogP contribution >= 0.6 is 0 Å². The second-order valence-electron chi connectivity index (χ2n) is 6.79. The third kappa shape index (κ3) is 5.75. The fraction of sp³-hybridized carbons (Fsp3) is 0.526. The van der Waals surface area contributed by atoms with Gasteiger partial charge in [-0.1, -0.05) is 19.3 Å². The molecule has 1 aliphatic rings. The number of nitrogens with one attached hydrogen (secondary N) is 2. The number of amides is 3. The molecule has 1 saturated carbocycles. The van der Waals surface area contributed by atoms with Gasteiger partial charge in [0.05, 0.1) is 5.56 Å². The van der Waals surface area contributed by atoms with E-state index in [4.69, 9.17) is 4.74 Å². The van der Waals surface area contributed by atoms with Crippen LogP contribution in [0.1, 0.15) is 49.4 Å². The highest BCUT2D eigenvalue weighted by molar-refractivity contribution is 5.98. The van der Waals surface area contributed by atoms with Gasteiger partial charge < -0.3 is 15.0 Å². The Morgan fingerprint density at radius 3 is 2.27 bits per heavy atom. The molecule has 0 heterocycles. The summed E-state index contributed by atoms with van der Waals surface area (Å²) in [5.74, 6) is -1.25. The van der Waals surface area contributed by atoms with Crippen molar-refractivity contribution >= 4 is 23.6 Å². The van der Waals surface area contributed by atoms with Crippen molar-refractivity contribution in [3.05, 3.63) is 29.8 Å². The van der Waals surface area contributed by atoms with Crippen LogP contribution in [0.3, 0.4) is 0 Å². The van der Waals surface area contributed by atoms with E-state index in [0.717, 1.165) is 31.4 Å². The molecule has 2 N–H and O–H groups in total. The topological polar surface area (TPSA) is 87.7 Å². The predicted octanol–water partition coefficient (Wildman–Crippen LogP) is 2.46. The molecule has 2 rings (SSSR count). The summed E-state index contributed by atoms with van der Waals surface area (Å²) in [5.41, 5.74) is 1.30. The molecule has 0 aliphatic heterocycles. The van der Waals surface area contributed by atoms with Crippen LogP contribution in [0.2, 0.25) is 0 Å². The molecule has 1 atom stereocenters. The molecule has 0 bridgehead atoms. The van der Waals surface area contributed by atoms with Crippen molar-refractivity contribution in [1.29, 1.82) is 0 Å². The Hall–Kier alpha value is -2.57. The van der Waals surface area contributed by atoms with Crippen molar-refractivity contribution in [2.75, 3.05) is 19.0 Å². The zero-order chi connectivity index (χ0) is 19.1. The lowest BCUT2D eigenvalue weighted by molar-refractivity contribution is -0.127. The smallest absolute Gasteiger partial charge is 0.338 e. The number of nitrogens with zero attached hydrogens (tertiary/aromatic N) is 1. The van der Waals surface area contributed by atoms with Crippen molar-refractivity contribution in [3.8, 4) is 0 Å². The normalized spacial score (nSPS) is 15.7. The summed E-state index contributed by atoms with van der Waals surface area (Å²) < 4.78 is 5.14. The van der Waals surface area contributed by atoms with Gasteiger partial charge >= 0.3 is 12.0 Å². The number of rotatable bonds is 5. The van der Waals surface area contributed by atoms with E-state index in [9.17, 15) is 14.4 Å². The highest BCUT2D eigenvalue weighted by Gasteiger charge is 2.22. The average Bonchev–Trinajstić information content (AvgIpc) is 2.62. The second-order valence-corrected chi connectivity index (χ2v) is 6.79. The van der Waals surface area contributed by atoms with E-state index in [1.807, 2.05) is 19.0 Å². The Labute approximate surface area is 154 Å². The first-order valence-corrected chi connectivity index (χ1v) is 8.96. The summed E-state index contributed by atoms with van der Waals surface area (Å²) in [7, 11) is 3.80. The molecule has 1 aromatic carbocycles. The van der Waals surface area contributed by atoms with E-state index in [2.05, 4.69) is 10.6 Å². The highest BCUT2D eigenvalue weighted by Crippen LogP contribution is 2.17. The number of urea groups is 1. The molecule has 1 aliphatic carbocycles. The van der Waals surface area contributed by atoms with Crippen LogP contribution in [0.5, 0.6) is 0 Å². The Kier molecular flexibility index (Phi) is 7.00. The van der Waals surface area contributed by atoms with Crippen molar-refractivity contribution in [2.24, 2.45) is 0 Å². The lowest BCUT2D eigenvalue weighted by atomic mass is 9.96. The van der Waals surface area contributed by atoms with Crippen molar-refractivity contribution < 1.29 is 19.1 Å². The summed E-state index contributed by atoms with van der Waals surface area (Å²) in [5, 5.41) is 5.03. The minimum Gasteiger partial charge on any atom is -0.449 e. The number of hydrogen-bond donors (Lipinski definition) is 2. The lowest BCUT2D eigenvalue weighted by Gasteiger charge is -2.23. The quantitative estimate of drug-likeness (QED) is 0.787. The van der Waals surface area contributed by atoms with Gasteiger partial charge in [-0.15, -0.1) is 0 Å². The SMILES string of the molecule is C[C@H](OC(=O)c1ccc(N(C)C)cc1)C(=O)NC(=O)NC1CCCCC1. The predicted molar refractivity (Wildman–Crippen MR) is 99.2 cm³/mol. The highest BCUT2D eigenvalue weighted by atomic mass is 16.5. The van der Waals surface area contributed by atoms with E-state index in [1.54, 1.807) is 24.3 Å².